The van der Waals surface area contributed by atoms with Crippen molar-refractivity contribution in [1.82, 2.24) is 0 Å². The molecule has 1 aliphatic carbocycles. The Morgan fingerprint density at radius 1 is 0.933 bits per heavy atom. The van der Waals surface area contributed by atoms with Gasteiger partial charge in [0.15, 0.2) is 0 Å². The van der Waals surface area contributed by atoms with Crippen LogP contribution < -0.4 is 0 Å². The molecule has 1 fully saturated rings. The van der Waals surface area contributed by atoms with Crippen LogP contribution in [0.5, 0.6) is 0 Å². The van der Waals surface area contributed by atoms with Crippen molar-refractivity contribution >= 4 is 0 Å². The SMILES string of the molecule is CC.CCC.FC(F)(F)C1CCCCC1. The second kappa shape index (κ2) is 10.3. The Balaban J connectivity index is 0. The van der Waals surface area contributed by atoms with E-state index in [1.807, 2.05) is 13.8 Å². The van der Waals surface area contributed by atoms with Gasteiger partial charge in [0, 0.05) is 0 Å². The Kier molecular flexibility index (Phi) is 11.8. The zero-order chi connectivity index (χ0) is 12.3. The average Bonchev–Trinajstić information content (AvgIpc) is 2.22. The summed E-state index contributed by atoms with van der Waals surface area (Å²) < 4.78 is 35.8. The van der Waals surface area contributed by atoms with Crippen molar-refractivity contribution in [3.05, 3.63) is 0 Å². The van der Waals surface area contributed by atoms with Gasteiger partial charge in [-0.1, -0.05) is 53.4 Å². The van der Waals surface area contributed by atoms with Gasteiger partial charge in [-0.05, 0) is 12.8 Å². The van der Waals surface area contributed by atoms with Crippen molar-refractivity contribution in [3.63, 3.8) is 0 Å². The minimum Gasteiger partial charge on any atom is -0.171 e. The molecule has 0 unspecified atom stereocenters. The van der Waals surface area contributed by atoms with Crippen LogP contribution in [-0.2, 0) is 0 Å². The van der Waals surface area contributed by atoms with Crippen LogP contribution in [0.1, 0.15) is 66.2 Å². The molecule has 0 nitrogen and oxygen atoms in total. The third-order valence-corrected chi connectivity index (χ3v) is 2.07. The first-order chi connectivity index (χ1) is 7.02. The summed E-state index contributed by atoms with van der Waals surface area (Å²) in [6.07, 6.45) is 0.508. The van der Waals surface area contributed by atoms with Gasteiger partial charge in [-0.15, -0.1) is 0 Å². The van der Waals surface area contributed by atoms with Crippen LogP contribution in [0.4, 0.5) is 13.2 Å². The van der Waals surface area contributed by atoms with Crippen molar-refractivity contribution in [2.45, 2.75) is 72.4 Å². The molecule has 0 saturated heterocycles. The maximum Gasteiger partial charge on any atom is 0.391 e. The van der Waals surface area contributed by atoms with Crippen molar-refractivity contribution in [1.29, 1.82) is 0 Å². The third-order valence-electron chi connectivity index (χ3n) is 2.07. The molecule has 1 aliphatic rings. The van der Waals surface area contributed by atoms with Gasteiger partial charge in [-0.2, -0.15) is 13.2 Å². The fraction of sp³-hybridized carbons (Fsp3) is 1.00. The molecular formula is C12H25F3. The highest BCUT2D eigenvalue weighted by Gasteiger charge is 2.39. The fourth-order valence-electron chi connectivity index (χ4n) is 1.43. The van der Waals surface area contributed by atoms with Crippen molar-refractivity contribution < 1.29 is 13.2 Å². The highest BCUT2D eigenvalue weighted by molar-refractivity contribution is 4.71. The van der Waals surface area contributed by atoms with E-state index in [1.54, 1.807) is 0 Å². The number of rotatable bonds is 0. The Morgan fingerprint density at radius 3 is 1.47 bits per heavy atom. The Labute approximate surface area is 92.3 Å². The van der Waals surface area contributed by atoms with E-state index in [4.69, 9.17) is 0 Å². The van der Waals surface area contributed by atoms with Gasteiger partial charge in [0.25, 0.3) is 0 Å². The molecule has 0 radical (unpaired) electrons. The summed E-state index contributed by atoms with van der Waals surface area (Å²) >= 11 is 0. The van der Waals surface area contributed by atoms with Crippen molar-refractivity contribution in [2.24, 2.45) is 5.92 Å². The molecule has 0 aromatic carbocycles. The summed E-state index contributed by atoms with van der Waals surface area (Å²) in [5.74, 6) is -0.999. The minimum absolute atomic E-state index is 0.351. The average molecular weight is 226 g/mol. The van der Waals surface area contributed by atoms with Crippen LogP contribution in [0.15, 0.2) is 0 Å². The first kappa shape index (κ1) is 17.2. The van der Waals surface area contributed by atoms with Gasteiger partial charge >= 0.3 is 6.18 Å². The van der Waals surface area contributed by atoms with Gasteiger partial charge in [0.2, 0.25) is 0 Å². The molecule has 0 aromatic rings. The lowest BCUT2D eigenvalue weighted by Gasteiger charge is -2.23. The lowest BCUT2D eigenvalue weighted by atomic mass is 9.89. The maximum absolute atomic E-state index is 11.9. The van der Waals surface area contributed by atoms with Gasteiger partial charge in [-0.3, -0.25) is 0 Å². The quantitative estimate of drug-likeness (QED) is 0.506. The lowest BCUT2D eigenvalue weighted by molar-refractivity contribution is -0.181. The molecule has 0 spiro atoms. The fourth-order valence-corrected chi connectivity index (χ4v) is 1.43. The summed E-state index contributed by atoms with van der Waals surface area (Å²) in [5.41, 5.74) is 0. The first-order valence-corrected chi connectivity index (χ1v) is 6.09. The molecule has 1 rings (SSSR count). The largest absolute Gasteiger partial charge is 0.391 e. The van der Waals surface area contributed by atoms with E-state index < -0.39 is 12.1 Å². The minimum atomic E-state index is -3.93. The molecule has 0 bridgehead atoms. The molecule has 0 N–H and O–H groups in total. The molecule has 0 amide bonds. The molecule has 15 heavy (non-hydrogen) atoms. The van der Waals surface area contributed by atoms with E-state index in [1.165, 1.54) is 6.42 Å². The van der Waals surface area contributed by atoms with E-state index in [0.717, 1.165) is 19.3 Å². The molecular weight excluding hydrogens is 201 g/mol. The highest BCUT2D eigenvalue weighted by atomic mass is 19.4. The summed E-state index contributed by atoms with van der Waals surface area (Å²) in [6, 6.07) is 0. The second-order valence-corrected chi connectivity index (χ2v) is 3.58. The maximum atomic E-state index is 11.9. The molecule has 94 valence electrons. The predicted molar refractivity (Wildman–Crippen MR) is 59.9 cm³/mol. The van der Waals surface area contributed by atoms with Gasteiger partial charge in [0.1, 0.15) is 0 Å². The summed E-state index contributed by atoms with van der Waals surface area (Å²) in [6.45, 7) is 8.25. The molecule has 0 atom stereocenters. The zero-order valence-electron chi connectivity index (χ0n) is 10.5. The molecule has 0 aliphatic heterocycles. The Bertz CT molecular complexity index is 113. The molecule has 3 heteroatoms. The number of halogens is 3. The second-order valence-electron chi connectivity index (χ2n) is 3.58. The van der Waals surface area contributed by atoms with E-state index in [2.05, 4.69) is 13.8 Å². The highest BCUT2D eigenvalue weighted by Crippen LogP contribution is 2.37. The summed E-state index contributed by atoms with van der Waals surface area (Å²) in [7, 11) is 0. The summed E-state index contributed by atoms with van der Waals surface area (Å²) in [4.78, 5) is 0. The van der Waals surface area contributed by atoms with Crippen molar-refractivity contribution in [3.8, 4) is 0 Å². The predicted octanol–water partition coefficient (Wildman–Crippen LogP) is 5.57. The van der Waals surface area contributed by atoms with E-state index >= 15 is 0 Å². The zero-order valence-corrected chi connectivity index (χ0v) is 10.5. The number of hydrogen-bond donors (Lipinski definition) is 0. The van der Waals surface area contributed by atoms with Gasteiger partial charge in [0.05, 0.1) is 5.92 Å². The summed E-state index contributed by atoms with van der Waals surface area (Å²) in [5, 5.41) is 0. The number of alkyl halides is 3. The van der Waals surface area contributed by atoms with E-state index in [0.29, 0.717) is 12.8 Å². The first-order valence-electron chi connectivity index (χ1n) is 6.09. The third kappa shape index (κ3) is 10.1. The van der Waals surface area contributed by atoms with Crippen LogP contribution in [0.3, 0.4) is 0 Å². The van der Waals surface area contributed by atoms with Crippen LogP contribution in [0.25, 0.3) is 0 Å². The van der Waals surface area contributed by atoms with Crippen LogP contribution >= 0.6 is 0 Å². The normalized spacial score (nSPS) is 17.0. The molecule has 0 aromatic heterocycles. The van der Waals surface area contributed by atoms with Crippen LogP contribution in [0.2, 0.25) is 0 Å². The Morgan fingerprint density at radius 2 is 1.27 bits per heavy atom. The standard InChI is InChI=1S/C7H11F3.C3H8.C2H6/c8-7(9,10)6-4-2-1-3-5-6;1-3-2;1-2/h6H,1-5H2;3H2,1-2H3;1-2H3. The van der Waals surface area contributed by atoms with E-state index in [9.17, 15) is 13.2 Å². The lowest BCUT2D eigenvalue weighted by Crippen LogP contribution is -2.24. The van der Waals surface area contributed by atoms with Crippen molar-refractivity contribution in [2.75, 3.05) is 0 Å². The smallest absolute Gasteiger partial charge is 0.171 e. The van der Waals surface area contributed by atoms with Gasteiger partial charge < -0.3 is 0 Å². The molecule has 0 heterocycles. The Hall–Kier alpha value is -0.210. The topological polar surface area (TPSA) is 0 Å². The number of hydrogen-bond acceptors (Lipinski definition) is 0. The van der Waals surface area contributed by atoms with Crippen LogP contribution in [0, 0.1) is 5.92 Å². The van der Waals surface area contributed by atoms with Crippen LogP contribution in [-0.4, -0.2) is 6.18 Å². The van der Waals surface area contributed by atoms with E-state index in [-0.39, 0.29) is 0 Å². The monoisotopic (exact) mass is 226 g/mol. The van der Waals surface area contributed by atoms with Gasteiger partial charge in [-0.25, -0.2) is 0 Å². The molecule has 1 saturated carbocycles.